The zero-order chi connectivity index (χ0) is 10.6. The minimum atomic E-state index is -0.831. The Morgan fingerprint density at radius 2 is 2.36 bits per heavy atom. The van der Waals surface area contributed by atoms with Gasteiger partial charge in [-0.05, 0) is 0 Å². The van der Waals surface area contributed by atoms with Gasteiger partial charge in [0.1, 0.15) is 23.0 Å². The minimum absolute atomic E-state index is 0.238. The highest BCUT2D eigenvalue weighted by Gasteiger charge is 2.05. The van der Waals surface area contributed by atoms with Crippen molar-refractivity contribution in [3.63, 3.8) is 0 Å². The summed E-state index contributed by atoms with van der Waals surface area (Å²) in [4.78, 5) is 7.62. The van der Waals surface area contributed by atoms with Gasteiger partial charge in [0.2, 0.25) is 0 Å². The summed E-state index contributed by atoms with van der Waals surface area (Å²) in [5, 5.41) is 3.23. The number of hydrogen-bond donors (Lipinski definition) is 2. The first-order valence-corrected chi connectivity index (χ1v) is 6.01. The van der Waals surface area contributed by atoms with E-state index >= 15 is 0 Å². The number of nitrogen functional groups attached to an aromatic ring is 1. The highest BCUT2D eigenvalue weighted by Crippen LogP contribution is 2.22. The van der Waals surface area contributed by atoms with E-state index in [1.807, 2.05) is 0 Å². The number of aromatic nitrogens is 2. The van der Waals surface area contributed by atoms with E-state index in [0.717, 1.165) is 0 Å². The zero-order valence-corrected chi connectivity index (χ0v) is 9.23. The van der Waals surface area contributed by atoms with Crippen LogP contribution in [-0.4, -0.2) is 32.7 Å². The first-order valence-electron chi connectivity index (χ1n) is 3.91. The lowest BCUT2D eigenvalue weighted by molar-refractivity contribution is 0.687. The quantitative estimate of drug-likeness (QED) is 0.793. The molecule has 0 saturated carbocycles. The third kappa shape index (κ3) is 3.12. The van der Waals surface area contributed by atoms with E-state index in [1.54, 1.807) is 6.26 Å². The van der Waals surface area contributed by atoms with E-state index < -0.39 is 10.8 Å². The molecule has 78 valence electrons. The summed E-state index contributed by atoms with van der Waals surface area (Å²) < 4.78 is 10.8. The number of nitrogens with zero attached hydrogens (tertiary/aromatic N) is 2. The molecule has 1 aromatic heterocycles. The lowest BCUT2D eigenvalue weighted by Gasteiger charge is -2.06. The fraction of sp³-hybridized carbons (Fsp3) is 0.429. The molecular formula is C7H11ClN4OS. The summed E-state index contributed by atoms with van der Waals surface area (Å²) in [7, 11) is -0.831. The van der Waals surface area contributed by atoms with Crippen LogP contribution in [0.15, 0.2) is 6.33 Å². The minimum Gasteiger partial charge on any atom is -0.382 e. The second-order valence-corrected chi connectivity index (χ2v) is 4.56. The molecule has 1 unspecified atom stereocenters. The van der Waals surface area contributed by atoms with Gasteiger partial charge in [-0.1, -0.05) is 11.6 Å². The van der Waals surface area contributed by atoms with Gasteiger partial charge in [-0.25, -0.2) is 9.97 Å². The number of halogens is 1. The second kappa shape index (κ2) is 5.11. The Hall–Kier alpha value is -0.880. The molecule has 1 atom stereocenters. The molecule has 1 rings (SSSR count). The Kier molecular flexibility index (Phi) is 4.09. The van der Waals surface area contributed by atoms with E-state index in [0.29, 0.717) is 23.1 Å². The number of rotatable bonds is 4. The van der Waals surface area contributed by atoms with Crippen molar-refractivity contribution in [1.82, 2.24) is 9.97 Å². The van der Waals surface area contributed by atoms with Gasteiger partial charge in [-0.15, -0.1) is 0 Å². The van der Waals surface area contributed by atoms with Crippen LogP contribution in [0.5, 0.6) is 0 Å². The van der Waals surface area contributed by atoms with Crippen molar-refractivity contribution >= 4 is 34.0 Å². The normalized spacial score (nSPS) is 12.4. The SMILES string of the molecule is CS(=O)CCNc1ncnc(N)c1Cl. The van der Waals surface area contributed by atoms with E-state index in [1.165, 1.54) is 6.33 Å². The van der Waals surface area contributed by atoms with Crippen LogP contribution in [0, 0.1) is 0 Å². The molecule has 0 saturated heterocycles. The third-order valence-electron chi connectivity index (χ3n) is 1.50. The zero-order valence-electron chi connectivity index (χ0n) is 7.66. The van der Waals surface area contributed by atoms with E-state index in [-0.39, 0.29) is 5.82 Å². The number of nitrogens with one attached hydrogen (secondary N) is 1. The Morgan fingerprint density at radius 1 is 1.64 bits per heavy atom. The van der Waals surface area contributed by atoms with Gasteiger partial charge in [-0.3, -0.25) is 4.21 Å². The van der Waals surface area contributed by atoms with E-state index in [2.05, 4.69) is 15.3 Å². The molecule has 1 aromatic rings. The van der Waals surface area contributed by atoms with Crippen molar-refractivity contribution in [1.29, 1.82) is 0 Å². The molecule has 0 aliphatic rings. The fourth-order valence-corrected chi connectivity index (χ4v) is 1.37. The van der Waals surface area contributed by atoms with Crippen molar-refractivity contribution in [2.24, 2.45) is 0 Å². The molecular weight excluding hydrogens is 224 g/mol. The highest BCUT2D eigenvalue weighted by atomic mass is 35.5. The van der Waals surface area contributed by atoms with Gasteiger partial charge in [0.25, 0.3) is 0 Å². The van der Waals surface area contributed by atoms with Gasteiger partial charge in [-0.2, -0.15) is 0 Å². The van der Waals surface area contributed by atoms with Gasteiger partial charge < -0.3 is 11.1 Å². The summed E-state index contributed by atoms with van der Waals surface area (Å²) in [6.45, 7) is 0.541. The molecule has 1 heterocycles. The van der Waals surface area contributed by atoms with Crippen LogP contribution in [0.4, 0.5) is 11.6 Å². The molecule has 7 heteroatoms. The number of hydrogen-bond acceptors (Lipinski definition) is 5. The molecule has 14 heavy (non-hydrogen) atoms. The maximum Gasteiger partial charge on any atom is 0.150 e. The third-order valence-corrected chi connectivity index (χ3v) is 2.65. The summed E-state index contributed by atoms with van der Waals surface area (Å²) in [6.07, 6.45) is 2.96. The first kappa shape index (κ1) is 11.2. The first-order chi connectivity index (χ1) is 6.61. The van der Waals surface area contributed by atoms with Crippen LogP contribution in [0.1, 0.15) is 0 Å². The molecule has 0 aliphatic carbocycles. The topological polar surface area (TPSA) is 80.9 Å². The molecule has 0 aliphatic heterocycles. The van der Waals surface area contributed by atoms with Crippen LogP contribution in [0.2, 0.25) is 5.02 Å². The molecule has 0 bridgehead atoms. The largest absolute Gasteiger partial charge is 0.382 e. The lowest BCUT2D eigenvalue weighted by atomic mass is 10.5. The molecule has 5 nitrogen and oxygen atoms in total. The second-order valence-electron chi connectivity index (χ2n) is 2.63. The predicted molar refractivity (Wildman–Crippen MR) is 58.9 cm³/mol. The molecule has 0 spiro atoms. The average Bonchev–Trinajstić information content (AvgIpc) is 2.12. The number of anilines is 2. The molecule has 0 fully saturated rings. The maximum absolute atomic E-state index is 10.8. The molecule has 0 radical (unpaired) electrons. The van der Waals surface area contributed by atoms with Crippen molar-refractivity contribution in [3.05, 3.63) is 11.3 Å². The monoisotopic (exact) mass is 234 g/mol. The van der Waals surface area contributed by atoms with E-state index in [9.17, 15) is 4.21 Å². The van der Waals surface area contributed by atoms with Gasteiger partial charge in [0.15, 0.2) is 0 Å². The van der Waals surface area contributed by atoms with Crippen LogP contribution < -0.4 is 11.1 Å². The average molecular weight is 235 g/mol. The van der Waals surface area contributed by atoms with Crippen LogP contribution in [-0.2, 0) is 10.8 Å². The van der Waals surface area contributed by atoms with Crippen LogP contribution >= 0.6 is 11.6 Å². The number of nitrogens with two attached hydrogens (primary N) is 1. The van der Waals surface area contributed by atoms with Crippen molar-refractivity contribution < 1.29 is 4.21 Å². The van der Waals surface area contributed by atoms with Crippen LogP contribution in [0.25, 0.3) is 0 Å². The summed E-state index contributed by atoms with van der Waals surface area (Å²) in [5.41, 5.74) is 5.47. The Labute approximate surface area is 89.5 Å². The van der Waals surface area contributed by atoms with Crippen molar-refractivity contribution in [3.8, 4) is 0 Å². The summed E-state index contributed by atoms with van der Waals surface area (Å²) >= 11 is 5.82. The molecule has 0 aromatic carbocycles. The fourth-order valence-electron chi connectivity index (χ4n) is 0.820. The highest BCUT2D eigenvalue weighted by molar-refractivity contribution is 7.84. The van der Waals surface area contributed by atoms with Crippen LogP contribution in [0.3, 0.4) is 0 Å². The Balaban J connectivity index is 2.59. The van der Waals surface area contributed by atoms with Crippen molar-refractivity contribution in [2.75, 3.05) is 29.6 Å². The van der Waals surface area contributed by atoms with Gasteiger partial charge in [0.05, 0.1) is 0 Å². The van der Waals surface area contributed by atoms with Gasteiger partial charge >= 0.3 is 0 Å². The summed E-state index contributed by atoms with van der Waals surface area (Å²) in [5.74, 6) is 1.26. The van der Waals surface area contributed by atoms with Gasteiger partial charge in [0, 0.05) is 29.4 Å². The predicted octanol–water partition coefficient (Wildman–Crippen LogP) is 0.503. The smallest absolute Gasteiger partial charge is 0.150 e. The Bertz CT molecular complexity index is 346. The Morgan fingerprint density at radius 3 is 3.00 bits per heavy atom. The van der Waals surface area contributed by atoms with Crippen molar-refractivity contribution in [2.45, 2.75) is 0 Å². The molecule has 0 amide bonds. The van der Waals surface area contributed by atoms with E-state index in [4.69, 9.17) is 17.3 Å². The lowest BCUT2D eigenvalue weighted by Crippen LogP contribution is -2.11. The molecule has 3 N–H and O–H groups in total. The summed E-state index contributed by atoms with van der Waals surface area (Å²) in [6, 6.07) is 0. The standard InChI is InChI=1S/C7H11ClN4OS/c1-14(13)3-2-10-7-5(8)6(9)11-4-12-7/h4H,2-3H2,1H3,(H3,9,10,11,12). The maximum atomic E-state index is 10.8.